The van der Waals surface area contributed by atoms with E-state index in [4.69, 9.17) is 14.2 Å². The van der Waals surface area contributed by atoms with Gasteiger partial charge in [-0.15, -0.1) is 0 Å². The topological polar surface area (TPSA) is 78.9 Å². The Morgan fingerprint density at radius 1 is 1.11 bits per heavy atom. The lowest BCUT2D eigenvalue weighted by atomic mass is 9.66. The van der Waals surface area contributed by atoms with Gasteiger partial charge in [0.05, 0.1) is 11.3 Å². The molecule has 2 heterocycles. The van der Waals surface area contributed by atoms with Crippen LogP contribution in [-0.2, 0) is 28.6 Å². The Balaban J connectivity index is 1.58. The summed E-state index contributed by atoms with van der Waals surface area (Å²) in [6.07, 6.45) is 3.20. The Morgan fingerprint density at radius 2 is 1.81 bits per heavy atom. The molecule has 4 fully saturated rings. The van der Waals surface area contributed by atoms with Crippen molar-refractivity contribution in [3.05, 3.63) is 0 Å². The highest BCUT2D eigenvalue weighted by Crippen LogP contribution is 2.48. The van der Waals surface area contributed by atoms with Crippen LogP contribution >= 0.6 is 0 Å². The third-order valence-electron chi connectivity index (χ3n) is 7.24. The first-order valence-corrected chi connectivity index (χ1v) is 10.1. The second-order valence-electron chi connectivity index (χ2n) is 9.71. The van der Waals surface area contributed by atoms with Crippen molar-refractivity contribution in [2.75, 3.05) is 6.61 Å². The summed E-state index contributed by atoms with van der Waals surface area (Å²) in [5.74, 6) is -0.519. The summed E-state index contributed by atoms with van der Waals surface area (Å²) in [7, 11) is 0. The Hall–Kier alpha value is -1.59. The Labute approximate surface area is 161 Å². The van der Waals surface area contributed by atoms with E-state index in [0.717, 1.165) is 25.7 Å². The van der Waals surface area contributed by atoms with Crippen molar-refractivity contribution in [3.63, 3.8) is 0 Å². The van der Waals surface area contributed by atoms with Crippen molar-refractivity contribution >= 4 is 17.9 Å². The molecule has 0 spiro atoms. The van der Waals surface area contributed by atoms with Crippen molar-refractivity contribution in [2.24, 2.45) is 28.6 Å². The minimum atomic E-state index is -0.678. The molecule has 0 N–H and O–H groups in total. The van der Waals surface area contributed by atoms with Crippen LogP contribution in [-0.4, -0.2) is 36.7 Å². The molecule has 0 aromatic carbocycles. The minimum absolute atomic E-state index is 0.0580. The van der Waals surface area contributed by atoms with Crippen molar-refractivity contribution in [1.82, 2.24) is 0 Å². The predicted molar refractivity (Wildman–Crippen MR) is 97.5 cm³/mol. The van der Waals surface area contributed by atoms with E-state index in [1.165, 1.54) is 0 Å². The molecule has 6 unspecified atom stereocenters. The maximum Gasteiger partial charge on any atom is 0.344 e. The lowest BCUT2D eigenvalue weighted by Crippen LogP contribution is -2.46. The van der Waals surface area contributed by atoms with E-state index in [2.05, 4.69) is 0 Å². The fraction of sp³-hybridized carbons (Fsp3) is 0.857. The number of carbonyl (C=O) groups is 3. The summed E-state index contributed by atoms with van der Waals surface area (Å²) in [6.45, 7) is 9.37. The lowest BCUT2D eigenvalue weighted by molar-refractivity contribution is -0.182. The number of esters is 3. The molecule has 4 bridgehead atoms. The summed E-state index contributed by atoms with van der Waals surface area (Å²) >= 11 is 0. The zero-order chi connectivity index (χ0) is 20.0. The fourth-order valence-electron chi connectivity index (χ4n) is 4.89. The first-order chi connectivity index (χ1) is 12.5. The summed E-state index contributed by atoms with van der Waals surface area (Å²) in [5, 5.41) is 0. The summed E-state index contributed by atoms with van der Waals surface area (Å²) < 4.78 is 16.5. The molecule has 4 rings (SSSR count). The van der Waals surface area contributed by atoms with E-state index in [0.29, 0.717) is 12.3 Å². The second kappa shape index (κ2) is 7.10. The number of fused-ring (bicyclic) bond motifs is 1. The first-order valence-electron chi connectivity index (χ1n) is 10.1. The van der Waals surface area contributed by atoms with E-state index >= 15 is 0 Å². The highest BCUT2D eigenvalue weighted by molar-refractivity contribution is 5.81. The molecular weight excluding hydrogens is 348 g/mol. The molecule has 27 heavy (non-hydrogen) atoms. The molecule has 0 radical (unpaired) electrons. The lowest BCUT2D eigenvalue weighted by Gasteiger charge is -2.41. The Bertz CT molecular complexity index is 621. The maximum absolute atomic E-state index is 12.6. The van der Waals surface area contributed by atoms with Gasteiger partial charge in [0.15, 0.2) is 6.61 Å². The maximum atomic E-state index is 12.6. The van der Waals surface area contributed by atoms with Gasteiger partial charge in [-0.3, -0.25) is 9.59 Å². The molecule has 2 saturated carbocycles. The van der Waals surface area contributed by atoms with Gasteiger partial charge >= 0.3 is 17.9 Å². The SMILES string of the molecule is CCC(C)(C(=O)OCC(=O)OC1C2CC3CC(C2)C(=O)OC1C3)C(C)(C)C. The average Bonchev–Trinajstić information content (AvgIpc) is 2.75. The molecule has 0 aromatic heterocycles. The quantitative estimate of drug-likeness (QED) is 0.538. The van der Waals surface area contributed by atoms with Crippen molar-refractivity contribution < 1.29 is 28.6 Å². The molecule has 6 heteroatoms. The third kappa shape index (κ3) is 3.72. The van der Waals surface area contributed by atoms with Crippen LogP contribution in [0, 0.1) is 28.6 Å². The van der Waals surface area contributed by atoms with Gasteiger partial charge in [-0.25, -0.2) is 4.79 Å². The Morgan fingerprint density at radius 3 is 2.44 bits per heavy atom. The highest BCUT2D eigenvalue weighted by Gasteiger charge is 2.52. The van der Waals surface area contributed by atoms with Crippen LogP contribution in [0.3, 0.4) is 0 Å². The predicted octanol–water partition coefficient (Wildman–Crippen LogP) is 3.27. The molecule has 0 amide bonds. The van der Waals surface area contributed by atoms with Crippen LogP contribution in [0.2, 0.25) is 0 Å². The van der Waals surface area contributed by atoms with Crippen LogP contribution in [0.4, 0.5) is 0 Å². The van der Waals surface area contributed by atoms with Crippen LogP contribution in [0.1, 0.15) is 66.7 Å². The first kappa shape index (κ1) is 20.2. The van der Waals surface area contributed by atoms with Gasteiger partial charge in [-0.05, 0) is 50.4 Å². The molecule has 152 valence electrons. The van der Waals surface area contributed by atoms with Crippen LogP contribution in [0.15, 0.2) is 0 Å². The number of carbonyl (C=O) groups excluding carboxylic acids is 3. The van der Waals surface area contributed by atoms with Gasteiger partial charge in [-0.2, -0.15) is 0 Å². The normalized spacial score (nSPS) is 34.4. The molecule has 6 atom stereocenters. The standard InChI is InChI=1S/C21H32O6/c1-6-21(5,20(2,3)4)19(24)25-11-16(22)27-17-13-7-12-8-14(10-13)18(23)26-15(17)9-12/h12-15,17H,6-11H2,1-5H3. The van der Waals surface area contributed by atoms with Gasteiger partial charge in [-0.1, -0.05) is 27.7 Å². The van der Waals surface area contributed by atoms with Gasteiger partial charge in [0.1, 0.15) is 12.2 Å². The zero-order valence-corrected chi connectivity index (χ0v) is 17.1. The van der Waals surface area contributed by atoms with Gasteiger partial charge < -0.3 is 14.2 Å². The molecule has 2 aliphatic heterocycles. The van der Waals surface area contributed by atoms with E-state index in [1.54, 1.807) is 0 Å². The smallest absolute Gasteiger partial charge is 0.344 e. The molecule has 2 saturated heterocycles. The fourth-order valence-corrected chi connectivity index (χ4v) is 4.89. The van der Waals surface area contributed by atoms with Gasteiger partial charge in [0, 0.05) is 5.92 Å². The van der Waals surface area contributed by atoms with E-state index < -0.39 is 24.1 Å². The monoisotopic (exact) mass is 380 g/mol. The number of hydrogen-bond acceptors (Lipinski definition) is 6. The summed E-state index contributed by atoms with van der Waals surface area (Å²) in [6, 6.07) is 0. The largest absolute Gasteiger partial charge is 0.458 e. The zero-order valence-electron chi connectivity index (χ0n) is 17.1. The minimum Gasteiger partial charge on any atom is -0.458 e. The average molecular weight is 380 g/mol. The third-order valence-corrected chi connectivity index (χ3v) is 7.24. The van der Waals surface area contributed by atoms with Crippen molar-refractivity contribution in [1.29, 1.82) is 0 Å². The van der Waals surface area contributed by atoms with Crippen LogP contribution in [0.25, 0.3) is 0 Å². The number of ether oxygens (including phenoxy) is 3. The summed E-state index contributed by atoms with van der Waals surface area (Å²) in [4.78, 5) is 37.1. The molecule has 2 aliphatic carbocycles. The number of rotatable bonds is 5. The van der Waals surface area contributed by atoms with E-state index in [1.807, 2.05) is 34.6 Å². The second-order valence-corrected chi connectivity index (χ2v) is 9.71. The van der Waals surface area contributed by atoms with E-state index in [9.17, 15) is 14.4 Å². The van der Waals surface area contributed by atoms with Crippen molar-refractivity contribution in [3.8, 4) is 0 Å². The molecular formula is C21H32O6. The van der Waals surface area contributed by atoms with Crippen LogP contribution in [0.5, 0.6) is 0 Å². The molecule has 4 aliphatic rings. The van der Waals surface area contributed by atoms with Crippen LogP contribution < -0.4 is 0 Å². The van der Waals surface area contributed by atoms with Crippen molar-refractivity contribution in [2.45, 2.75) is 78.9 Å². The Kier molecular flexibility index (Phi) is 5.30. The molecule has 0 aromatic rings. The molecule has 6 nitrogen and oxygen atoms in total. The highest BCUT2D eigenvalue weighted by atomic mass is 16.6. The summed E-state index contributed by atoms with van der Waals surface area (Å²) in [5.41, 5.74) is -0.959. The van der Waals surface area contributed by atoms with E-state index in [-0.39, 0.29) is 35.3 Å². The van der Waals surface area contributed by atoms with Gasteiger partial charge in [0.25, 0.3) is 0 Å². The number of hydrogen-bond donors (Lipinski definition) is 0. The van der Waals surface area contributed by atoms with Gasteiger partial charge in [0.2, 0.25) is 0 Å².